The normalized spacial score (nSPS) is 11.2. The summed E-state index contributed by atoms with van der Waals surface area (Å²) < 4.78 is 5.15. The van der Waals surface area contributed by atoms with Gasteiger partial charge in [-0.25, -0.2) is 0 Å². The van der Waals surface area contributed by atoms with Crippen LogP contribution in [0.3, 0.4) is 0 Å². The third-order valence-corrected chi connectivity index (χ3v) is 5.91. The Hall–Kier alpha value is -3.58. The van der Waals surface area contributed by atoms with E-state index < -0.39 is 0 Å². The number of hydrogen-bond acceptors (Lipinski definition) is 5. The van der Waals surface area contributed by atoms with Crippen molar-refractivity contribution in [2.24, 2.45) is 0 Å². The fourth-order valence-corrected chi connectivity index (χ4v) is 4.06. The van der Waals surface area contributed by atoms with Crippen molar-refractivity contribution in [3.05, 3.63) is 83.8 Å². The largest absolute Gasteiger partial charge is 0.497 e. The Morgan fingerprint density at radius 3 is 2.78 bits per heavy atom. The van der Waals surface area contributed by atoms with Gasteiger partial charge in [-0.15, -0.1) is 11.8 Å². The highest BCUT2D eigenvalue weighted by molar-refractivity contribution is 7.99. The molecule has 0 saturated heterocycles. The minimum absolute atomic E-state index is 0.0397. The second kappa shape index (κ2) is 10.6. The Kier molecular flexibility index (Phi) is 7.19. The number of thioether (sulfide) groups is 1. The van der Waals surface area contributed by atoms with E-state index in [2.05, 4.69) is 38.7 Å². The average molecular weight is 445 g/mol. The zero-order chi connectivity index (χ0) is 22.2. The first kappa shape index (κ1) is 21.6. The number of hydrogen-bond donors (Lipinski definition) is 2. The third-order valence-electron chi connectivity index (χ3n) is 4.91. The fourth-order valence-electron chi connectivity index (χ4n) is 3.17. The lowest BCUT2D eigenvalue weighted by molar-refractivity contribution is -0.120. The Morgan fingerprint density at radius 1 is 1.12 bits per heavy atom. The molecule has 0 atom stereocenters. The number of amides is 1. The fraction of sp³-hybridized carbons (Fsp3) is 0.160. The number of rotatable bonds is 9. The maximum absolute atomic E-state index is 12.2. The predicted molar refractivity (Wildman–Crippen MR) is 129 cm³/mol. The molecule has 0 aliphatic rings. The molecule has 0 spiro atoms. The quantitative estimate of drug-likeness (QED) is 0.358. The van der Waals surface area contributed by atoms with Crippen LogP contribution in [0.15, 0.2) is 71.8 Å². The van der Waals surface area contributed by atoms with Crippen LogP contribution in [0.4, 0.5) is 0 Å². The summed E-state index contributed by atoms with van der Waals surface area (Å²) in [5, 5.41) is 11.5. The van der Waals surface area contributed by atoms with E-state index in [0.717, 1.165) is 38.5 Å². The second-order valence-corrected chi connectivity index (χ2v) is 8.30. The SMILES string of the molecule is COc1ccc(CNC(=O)CCSc2ccc3c(/C=C/c4ccccn4)n[nH]c3c2)cc1. The minimum Gasteiger partial charge on any atom is -0.497 e. The number of benzene rings is 2. The minimum atomic E-state index is 0.0397. The Balaban J connectivity index is 1.27. The van der Waals surface area contributed by atoms with Crippen molar-refractivity contribution in [1.29, 1.82) is 0 Å². The number of fused-ring (bicyclic) bond motifs is 1. The number of nitrogens with zero attached hydrogens (tertiary/aromatic N) is 2. The molecule has 2 heterocycles. The molecule has 32 heavy (non-hydrogen) atoms. The van der Waals surface area contributed by atoms with Gasteiger partial charge in [0.25, 0.3) is 0 Å². The molecule has 2 N–H and O–H groups in total. The van der Waals surface area contributed by atoms with Crippen LogP contribution in [0.2, 0.25) is 0 Å². The van der Waals surface area contributed by atoms with Gasteiger partial charge in [0.15, 0.2) is 0 Å². The van der Waals surface area contributed by atoms with E-state index in [4.69, 9.17) is 4.74 Å². The first-order valence-corrected chi connectivity index (χ1v) is 11.3. The van der Waals surface area contributed by atoms with Crippen LogP contribution in [-0.4, -0.2) is 34.0 Å². The van der Waals surface area contributed by atoms with Crippen molar-refractivity contribution >= 4 is 40.7 Å². The molecule has 0 aliphatic heterocycles. The van der Waals surface area contributed by atoms with E-state index in [0.29, 0.717) is 18.7 Å². The van der Waals surface area contributed by atoms with Gasteiger partial charge in [0, 0.05) is 35.2 Å². The van der Waals surface area contributed by atoms with Crippen LogP contribution in [0.25, 0.3) is 23.1 Å². The molecule has 4 rings (SSSR count). The summed E-state index contributed by atoms with van der Waals surface area (Å²) in [5.74, 6) is 1.56. The number of methoxy groups -OCH3 is 1. The van der Waals surface area contributed by atoms with Crippen LogP contribution in [-0.2, 0) is 11.3 Å². The number of carbonyl (C=O) groups excluding carboxylic acids is 1. The van der Waals surface area contributed by atoms with E-state index >= 15 is 0 Å². The van der Waals surface area contributed by atoms with E-state index in [9.17, 15) is 4.79 Å². The van der Waals surface area contributed by atoms with Crippen molar-refractivity contribution in [2.75, 3.05) is 12.9 Å². The molecule has 6 nitrogen and oxygen atoms in total. The lowest BCUT2D eigenvalue weighted by Crippen LogP contribution is -2.22. The van der Waals surface area contributed by atoms with Gasteiger partial charge in [0.05, 0.1) is 24.0 Å². The van der Waals surface area contributed by atoms with Gasteiger partial charge in [0.1, 0.15) is 5.75 Å². The lowest BCUT2D eigenvalue weighted by Gasteiger charge is -2.06. The predicted octanol–water partition coefficient (Wildman–Crippen LogP) is 4.94. The van der Waals surface area contributed by atoms with Crippen molar-refractivity contribution in [2.45, 2.75) is 17.9 Å². The molecular formula is C25H24N4O2S. The zero-order valence-electron chi connectivity index (χ0n) is 17.7. The van der Waals surface area contributed by atoms with Gasteiger partial charge < -0.3 is 10.1 Å². The number of H-pyrrole nitrogens is 1. The molecule has 2 aromatic heterocycles. The van der Waals surface area contributed by atoms with Crippen LogP contribution in [0.1, 0.15) is 23.4 Å². The lowest BCUT2D eigenvalue weighted by atomic mass is 10.2. The maximum atomic E-state index is 12.2. The second-order valence-electron chi connectivity index (χ2n) is 7.13. The van der Waals surface area contributed by atoms with Crippen molar-refractivity contribution < 1.29 is 9.53 Å². The molecule has 4 aromatic rings. The molecular weight excluding hydrogens is 420 g/mol. The molecule has 1 amide bonds. The molecule has 0 radical (unpaired) electrons. The maximum Gasteiger partial charge on any atom is 0.221 e. The smallest absolute Gasteiger partial charge is 0.221 e. The molecule has 2 aromatic carbocycles. The number of pyridine rings is 1. The molecule has 162 valence electrons. The number of aromatic nitrogens is 3. The van der Waals surface area contributed by atoms with E-state index in [1.807, 2.05) is 54.6 Å². The summed E-state index contributed by atoms with van der Waals surface area (Å²) in [6, 6.07) is 19.7. The topological polar surface area (TPSA) is 79.9 Å². The van der Waals surface area contributed by atoms with Gasteiger partial charge >= 0.3 is 0 Å². The molecule has 0 saturated carbocycles. The summed E-state index contributed by atoms with van der Waals surface area (Å²) in [6.45, 7) is 0.516. The van der Waals surface area contributed by atoms with Crippen LogP contribution >= 0.6 is 11.8 Å². The standard InChI is InChI=1S/C25H24N4O2S/c1-31-20-8-5-18(6-9-20)17-27-25(30)13-15-32-21-10-11-22-23(28-29-24(22)16-21)12-7-19-4-2-3-14-26-19/h2-12,14,16H,13,15,17H2,1H3,(H,27,30)(H,28,29)/b12-7+. The summed E-state index contributed by atoms with van der Waals surface area (Å²) in [5.41, 5.74) is 3.78. The first-order valence-electron chi connectivity index (χ1n) is 10.3. The van der Waals surface area contributed by atoms with Crippen LogP contribution in [0.5, 0.6) is 5.75 Å². The number of ether oxygens (including phenoxy) is 1. The summed E-state index contributed by atoms with van der Waals surface area (Å²) in [6.07, 6.45) is 6.13. The number of aromatic amines is 1. The van der Waals surface area contributed by atoms with Crippen LogP contribution < -0.4 is 10.1 Å². The monoisotopic (exact) mass is 444 g/mol. The summed E-state index contributed by atoms with van der Waals surface area (Å²) in [7, 11) is 1.64. The van der Waals surface area contributed by atoms with Crippen molar-refractivity contribution in [3.8, 4) is 5.75 Å². The highest BCUT2D eigenvalue weighted by atomic mass is 32.2. The van der Waals surface area contributed by atoms with Gasteiger partial charge in [0.2, 0.25) is 5.91 Å². The van der Waals surface area contributed by atoms with Crippen molar-refractivity contribution in [3.63, 3.8) is 0 Å². The highest BCUT2D eigenvalue weighted by Crippen LogP contribution is 2.25. The van der Waals surface area contributed by atoms with Crippen molar-refractivity contribution in [1.82, 2.24) is 20.5 Å². The molecule has 7 heteroatoms. The first-order chi connectivity index (χ1) is 15.7. The third kappa shape index (κ3) is 5.76. The average Bonchev–Trinajstić information content (AvgIpc) is 3.24. The van der Waals surface area contributed by atoms with Gasteiger partial charge in [-0.2, -0.15) is 5.10 Å². The highest BCUT2D eigenvalue weighted by Gasteiger charge is 2.06. The van der Waals surface area contributed by atoms with Gasteiger partial charge in [-0.05, 0) is 60.2 Å². The Morgan fingerprint density at radius 2 is 2.00 bits per heavy atom. The van der Waals surface area contributed by atoms with Crippen LogP contribution in [0, 0.1) is 0 Å². The summed E-state index contributed by atoms with van der Waals surface area (Å²) >= 11 is 1.66. The Labute approximate surface area is 191 Å². The molecule has 0 aliphatic carbocycles. The molecule has 0 fully saturated rings. The molecule has 0 unspecified atom stereocenters. The number of carbonyl (C=O) groups is 1. The number of nitrogens with one attached hydrogen (secondary N) is 2. The van der Waals surface area contributed by atoms with E-state index in [1.165, 1.54) is 0 Å². The zero-order valence-corrected chi connectivity index (χ0v) is 18.6. The summed E-state index contributed by atoms with van der Waals surface area (Å²) in [4.78, 5) is 17.5. The van der Waals surface area contributed by atoms with E-state index in [1.54, 1.807) is 25.1 Å². The van der Waals surface area contributed by atoms with Gasteiger partial charge in [-0.1, -0.05) is 18.2 Å². The Bertz CT molecular complexity index is 1200. The van der Waals surface area contributed by atoms with E-state index in [-0.39, 0.29) is 5.91 Å². The van der Waals surface area contributed by atoms with Gasteiger partial charge in [-0.3, -0.25) is 14.9 Å². The molecule has 0 bridgehead atoms.